The number of carbonyl (C=O) groups excluding carboxylic acids is 1. The van der Waals surface area contributed by atoms with Gasteiger partial charge in [0.05, 0.1) is 6.42 Å². The number of benzene rings is 1. The molecule has 0 fully saturated rings. The number of halogens is 2. The van der Waals surface area contributed by atoms with E-state index in [2.05, 4.69) is 5.32 Å². The summed E-state index contributed by atoms with van der Waals surface area (Å²) in [7, 11) is 0. The summed E-state index contributed by atoms with van der Waals surface area (Å²) in [4.78, 5) is 22.9. The lowest BCUT2D eigenvalue weighted by Gasteiger charge is -2.14. The van der Waals surface area contributed by atoms with Gasteiger partial charge in [-0.15, -0.1) is 0 Å². The van der Waals surface area contributed by atoms with Crippen LogP contribution in [0.2, 0.25) is 0 Å². The number of aliphatic carboxylic acids is 1. The van der Waals surface area contributed by atoms with E-state index in [0.29, 0.717) is 18.9 Å². The highest BCUT2D eigenvalue weighted by atomic mass is 19.1. The first-order valence-corrected chi connectivity index (χ1v) is 7.40. The fraction of sp³-hybridized carbons (Fsp3) is 0.500. The largest absolute Gasteiger partial charge is 0.480 e. The summed E-state index contributed by atoms with van der Waals surface area (Å²) >= 11 is 0. The minimum atomic E-state index is -1.11. The van der Waals surface area contributed by atoms with Crippen LogP contribution in [0.15, 0.2) is 18.2 Å². The average molecular weight is 313 g/mol. The first-order valence-electron chi connectivity index (χ1n) is 7.40. The Morgan fingerprint density at radius 2 is 1.95 bits per heavy atom. The normalized spacial score (nSPS) is 12.0. The average Bonchev–Trinajstić information content (AvgIpc) is 2.45. The SMILES string of the molecule is CCCCCC[C@@H](NC(=O)Cc1ccc(F)cc1F)C(=O)O. The zero-order valence-electron chi connectivity index (χ0n) is 12.6. The van der Waals surface area contributed by atoms with Gasteiger partial charge in [-0.1, -0.05) is 38.7 Å². The van der Waals surface area contributed by atoms with Crippen LogP contribution < -0.4 is 5.32 Å². The molecular weight excluding hydrogens is 292 g/mol. The van der Waals surface area contributed by atoms with Crippen molar-refractivity contribution < 1.29 is 23.5 Å². The summed E-state index contributed by atoms with van der Waals surface area (Å²) in [5, 5.41) is 11.5. The third-order valence-corrected chi connectivity index (χ3v) is 3.35. The maximum absolute atomic E-state index is 13.5. The van der Waals surface area contributed by atoms with Gasteiger partial charge in [0.15, 0.2) is 0 Å². The summed E-state index contributed by atoms with van der Waals surface area (Å²) < 4.78 is 26.2. The van der Waals surface area contributed by atoms with Crippen LogP contribution in [-0.4, -0.2) is 23.0 Å². The summed E-state index contributed by atoms with van der Waals surface area (Å²) in [6.45, 7) is 2.05. The number of carbonyl (C=O) groups is 2. The number of unbranched alkanes of at least 4 members (excludes halogenated alkanes) is 3. The van der Waals surface area contributed by atoms with Crippen molar-refractivity contribution in [3.05, 3.63) is 35.4 Å². The molecule has 1 aromatic carbocycles. The second kappa shape index (κ2) is 9.12. The van der Waals surface area contributed by atoms with Crippen LogP contribution in [0.5, 0.6) is 0 Å². The Morgan fingerprint density at radius 1 is 1.23 bits per heavy atom. The topological polar surface area (TPSA) is 66.4 Å². The van der Waals surface area contributed by atoms with Crippen LogP contribution in [0.3, 0.4) is 0 Å². The molecule has 0 aliphatic carbocycles. The standard InChI is InChI=1S/C16H21F2NO3/c1-2-3-4-5-6-14(16(21)22)19-15(20)9-11-7-8-12(17)10-13(11)18/h7-8,10,14H,2-6,9H2,1H3,(H,19,20)(H,21,22)/t14-/m1/s1. The minimum Gasteiger partial charge on any atom is -0.480 e. The van der Waals surface area contributed by atoms with Gasteiger partial charge in [0, 0.05) is 6.07 Å². The van der Waals surface area contributed by atoms with Crippen LogP contribution >= 0.6 is 0 Å². The predicted molar refractivity (Wildman–Crippen MR) is 78.4 cm³/mol. The smallest absolute Gasteiger partial charge is 0.326 e. The van der Waals surface area contributed by atoms with Gasteiger partial charge in [0.25, 0.3) is 0 Å². The maximum atomic E-state index is 13.5. The molecule has 22 heavy (non-hydrogen) atoms. The lowest BCUT2D eigenvalue weighted by atomic mass is 10.1. The zero-order valence-corrected chi connectivity index (χ0v) is 12.6. The Labute approximate surface area is 128 Å². The molecule has 6 heteroatoms. The molecule has 0 bridgehead atoms. The second-order valence-electron chi connectivity index (χ2n) is 5.22. The molecule has 0 aliphatic rings. The number of rotatable bonds is 9. The van der Waals surface area contributed by atoms with Crippen molar-refractivity contribution in [3.8, 4) is 0 Å². The van der Waals surface area contributed by atoms with Crippen LogP contribution in [0.1, 0.15) is 44.6 Å². The van der Waals surface area contributed by atoms with Crippen molar-refractivity contribution in [2.75, 3.05) is 0 Å². The lowest BCUT2D eigenvalue weighted by Crippen LogP contribution is -2.41. The molecule has 1 amide bonds. The molecular formula is C16H21F2NO3. The summed E-state index contributed by atoms with van der Waals surface area (Å²) in [5.41, 5.74) is 0.0361. The van der Waals surface area contributed by atoms with Gasteiger partial charge in [0.2, 0.25) is 5.91 Å². The van der Waals surface area contributed by atoms with Gasteiger partial charge in [0.1, 0.15) is 17.7 Å². The van der Waals surface area contributed by atoms with E-state index in [9.17, 15) is 18.4 Å². The van der Waals surface area contributed by atoms with Crippen LogP contribution in [0.4, 0.5) is 8.78 Å². The van der Waals surface area contributed by atoms with Crippen LogP contribution in [0.25, 0.3) is 0 Å². The fourth-order valence-corrected chi connectivity index (χ4v) is 2.12. The van der Waals surface area contributed by atoms with E-state index in [1.807, 2.05) is 6.92 Å². The molecule has 0 aliphatic heterocycles. The van der Waals surface area contributed by atoms with Crippen LogP contribution in [-0.2, 0) is 16.0 Å². The van der Waals surface area contributed by atoms with Crippen molar-refractivity contribution in [1.82, 2.24) is 5.32 Å². The molecule has 0 radical (unpaired) electrons. The van der Waals surface area contributed by atoms with E-state index in [1.54, 1.807) is 0 Å². The van der Waals surface area contributed by atoms with Crippen LogP contribution in [0, 0.1) is 11.6 Å². The number of amides is 1. The van der Waals surface area contributed by atoms with Gasteiger partial charge in [-0.25, -0.2) is 13.6 Å². The maximum Gasteiger partial charge on any atom is 0.326 e. The third kappa shape index (κ3) is 6.20. The number of carboxylic acid groups (broad SMARTS) is 1. The number of hydrogen-bond donors (Lipinski definition) is 2. The molecule has 122 valence electrons. The second-order valence-corrected chi connectivity index (χ2v) is 5.22. The van der Waals surface area contributed by atoms with E-state index in [-0.39, 0.29) is 12.0 Å². The molecule has 0 saturated carbocycles. The summed E-state index contributed by atoms with van der Waals surface area (Å²) in [5.74, 6) is -3.23. The summed E-state index contributed by atoms with van der Waals surface area (Å²) in [6, 6.07) is 1.96. The van der Waals surface area contributed by atoms with E-state index in [1.165, 1.54) is 6.07 Å². The molecule has 1 rings (SSSR count). The van der Waals surface area contributed by atoms with Gasteiger partial charge in [-0.2, -0.15) is 0 Å². The first kappa shape index (κ1) is 18.1. The minimum absolute atomic E-state index is 0.0361. The number of hydrogen-bond acceptors (Lipinski definition) is 2. The Kier molecular flexibility index (Phi) is 7.49. The van der Waals surface area contributed by atoms with Gasteiger partial charge in [-0.05, 0) is 18.1 Å². The summed E-state index contributed by atoms with van der Waals surface area (Å²) in [6.07, 6.45) is 3.69. The van der Waals surface area contributed by atoms with E-state index < -0.39 is 29.6 Å². The molecule has 0 unspecified atom stereocenters. The highest BCUT2D eigenvalue weighted by molar-refractivity contribution is 5.84. The van der Waals surface area contributed by atoms with E-state index in [0.717, 1.165) is 25.3 Å². The third-order valence-electron chi connectivity index (χ3n) is 3.35. The Hall–Kier alpha value is -1.98. The van der Waals surface area contributed by atoms with Crippen molar-refractivity contribution in [2.24, 2.45) is 0 Å². The monoisotopic (exact) mass is 313 g/mol. The molecule has 0 heterocycles. The Morgan fingerprint density at radius 3 is 2.55 bits per heavy atom. The molecule has 1 atom stereocenters. The lowest BCUT2D eigenvalue weighted by molar-refractivity contribution is -0.142. The fourth-order valence-electron chi connectivity index (χ4n) is 2.12. The van der Waals surface area contributed by atoms with Crippen molar-refractivity contribution >= 4 is 11.9 Å². The van der Waals surface area contributed by atoms with Gasteiger partial charge in [-0.3, -0.25) is 4.79 Å². The number of nitrogens with one attached hydrogen (secondary N) is 1. The van der Waals surface area contributed by atoms with Crippen molar-refractivity contribution in [3.63, 3.8) is 0 Å². The van der Waals surface area contributed by atoms with Gasteiger partial charge >= 0.3 is 5.97 Å². The number of carboxylic acids is 1. The van der Waals surface area contributed by atoms with Crippen molar-refractivity contribution in [2.45, 2.75) is 51.5 Å². The predicted octanol–water partition coefficient (Wildman–Crippen LogP) is 3.05. The molecule has 2 N–H and O–H groups in total. The molecule has 1 aromatic rings. The molecule has 4 nitrogen and oxygen atoms in total. The highest BCUT2D eigenvalue weighted by Crippen LogP contribution is 2.11. The van der Waals surface area contributed by atoms with E-state index in [4.69, 9.17) is 5.11 Å². The van der Waals surface area contributed by atoms with Gasteiger partial charge < -0.3 is 10.4 Å². The zero-order chi connectivity index (χ0) is 16.5. The first-order chi connectivity index (χ1) is 10.4. The van der Waals surface area contributed by atoms with Crippen molar-refractivity contribution in [1.29, 1.82) is 0 Å². The Balaban J connectivity index is 2.54. The highest BCUT2D eigenvalue weighted by Gasteiger charge is 2.20. The molecule has 0 saturated heterocycles. The van der Waals surface area contributed by atoms with E-state index >= 15 is 0 Å². The molecule has 0 spiro atoms. The quantitative estimate of drug-likeness (QED) is 0.689. The molecule has 0 aromatic heterocycles. The Bertz CT molecular complexity index is 520.